The van der Waals surface area contributed by atoms with Crippen molar-refractivity contribution in [3.8, 4) is 0 Å². The van der Waals surface area contributed by atoms with E-state index in [0.717, 1.165) is 5.56 Å². The van der Waals surface area contributed by atoms with Gasteiger partial charge in [-0.1, -0.05) is 6.07 Å². The van der Waals surface area contributed by atoms with Crippen molar-refractivity contribution in [3.63, 3.8) is 0 Å². The van der Waals surface area contributed by atoms with E-state index in [1.54, 1.807) is 30.0 Å². The van der Waals surface area contributed by atoms with E-state index in [-0.39, 0.29) is 11.8 Å². The normalized spacial score (nSPS) is 16.4. The lowest BCUT2D eigenvalue weighted by Gasteiger charge is -2.29. The maximum atomic E-state index is 12.2. The summed E-state index contributed by atoms with van der Waals surface area (Å²) >= 11 is 0. The molecule has 0 bridgehead atoms. The Morgan fingerprint density at radius 1 is 1.33 bits per heavy atom. The van der Waals surface area contributed by atoms with Crippen LogP contribution in [-0.4, -0.2) is 49.1 Å². The van der Waals surface area contributed by atoms with Crippen LogP contribution in [-0.2, 0) is 9.53 Å². The molecule has 2 amide bonds. The van der Waals surface area contributed by atoms with Crippen LogP contribution in [0.15, 0.2) is 18.2 Å². The number of carbonyl (C=O) groups is 2. The molecule has 0 radical (unpaired) electrons. The molecule has 1 atom stereocenters. The van der Waals surface area contributed by atoms with E-state index in [4.69, 9.17) is 10.5 Å². The van der Waals surface area contributed by atoms with Gasteiger partial charge in [0.1, 0.15) is 6.04 Å². The van der Waals surface area contributed by atoms with Crippen molar-refractivity contribution in [1.82, 2.24) is 10.2 Å². The molecule has 0 aliphatic carbocycles. The lowest BCUT2D eigenvalue weighted by Crippen LogP contribution is -2.50. The first kappa shape index (κ1) is 15.3. The zero-order valence-corrected chi connectivity index (χ0v) is 12.4. The Morgan fingerprint density at radius 3 is 2.62 bits per heavy atom. The maximum Gasteiger partial charge on any atom is 0.251 e. The van der Waals surface area contributed by atoms with Crippen molar-refractivity contribution in [2.75, 3.05) is 32.0 Å². The number of nitrogens with one attached hydrogen (secondary N) is 1. The summed E-state index contributed by atoms with van der Waals surface area (Å²) in [5.41, 5.74) is 7.74. The summed E-state index contributed by atoms with van der Waals surface area (Å²) in [5.74, 6) is -0.387. The number of nitrogens with zero attached hydrogens (tertiary/aromatic N) is 1. The van der Waals surface area contributed by atoms with E-state index in [2.05, 4.69) is 5.32 Å². The van der Waals surface area contributed by atoms with Crippen molar-refractivity contribution in [3.05, 3.63) is 29.3 Å². The number of rotatable bonds is 3. The van der Waals surface area contributed by atoms with Crippen molar-refractivity contribution in [2.24, 2.45) is 0 Å². The SMILES string of the molecule is Cc1ccc(C(=O)NC(C)C(=O)N2CCOCC2)cc1N. The molecule has 1 heterocycles. The summed E-state index contributed by atoms with van der Waals surface area (Å²) in [6, 6.07) is 4.54. The molecule has 2 rings (SSSR count). The molecule has 114 valence electrons. The Hall–Kier alpha value is -2.08. The van der Waals surface area contributed by atoms with E-state index >= 15 is 0 Å². The Bertz CT molecular complexity index is 539. The molecule has 0 saturated carbocycles. The molecule has 1 saturated heterocycles. The van der Waals surface area contributed by atoms with Gasteiger partial charge in [-0.05, 0) is 31.5 Å². The van der Waals surface area contributed by atoms with Crippen LogP contribution in [0, 0.1) is 6.92 Å². The third-order valence-corrected chi connectivity index (χ3v) is 3.58. The number of aryl methyl sites for hydroxylation is 1. The molecular formula is C15H21N3O3. The molecule has 0 aromatic heterocycles. The van der Waals surface area contributed by atoms with Crippen LogP contribution in [0.5, 0.6) is 0 Å². The first-order valence-corrected chi connectivity index (χ1v) is 7.02. The van der Waals surface area contributed by atoms with Crippen LogP contribution in [0.3, 0.4) is 0 Å². The molecular weight excluding hydrogens is 270 g/mol. The minimum Gasteiger partial charge on any atom is -0.398 e. The summed E-state index contributed by atoms with van der Waals surface area (Å²) in [6.07, 6.45) is 0. The van der Waals surface area contributed by atoms with Gasteiger partial charge in [0, 0.05) is 24.3 Å². The number of hydrogen-bond donors (Lipinski definition) is 2. The first-order chi connectivity index (χ1) is 9.99. The predicted molar refractivity (Wildman–Crippen MR) is 79.9 cm³/mol. The number of carbonyl (C=O) groups excluding carboxylic acids is 2. The average molecular weight is 291 g/mol. The predicted octanol–water partition coefficient (Wildman–Crippen LogP) is 0.554. The van der Waals surface area contributed by atoms with Gasteiger partial charge in [0.05, 0.1) is 13.2 Å². The number of anilines is 1. The Kier molecular flexibility index (Phi) is 4.80. The largest absolute Gasteiger partial charge is 0.398 e. The fraction of sp³-hybridized carbons (Fsp3) is 0.467. The van der Waals surface area contributed by atoms with Crippen molar-refractivity contribution in [1.29, 1.82) is 0 Å². The smallest absolute Gasteiger partial charge is 0.251 e. The molecule has 0 spiro atoms. The zero-order valence-electron chi connectivity index (χ0n) is 12.4. The average Bonchev–Trinajstić information content (AvgIpc) is 2.50. The van der Waals surface area contributed by atoms with Crippen LogP contribution >= 0.6 is 0 Å². The molecule has 21 heavy (non-hydrogen) atoms. The molecule has 6 nitrogen and oxygen atoms in total. The lowest BCUT2D eigenvalue weighted by atomic mass is 10.1. The fourth-order valence-corrected chi connectivity index (χ4v) is 2.18. The fourth-order valence-electron chi connectivity index (χ4n) is 2.18. The van der Waals surface area contributed by atoms with Crippen LogP contribution in [0.1, 0.15) is 22.8 Å². The minimum atomic E-state index is -0.571. The quantitative estimate of drug-likeness (QED) is 0.797. The van der Waals surface area contributed by atoms with Crippen LogP contribution < -0.4 is 11.1 Å². The molecule has 1 fully saturated rings. The lowest BCUT2D eigenvalue weighted by molar-refractivity contribution is -0.136. The number of ether oxygens (including phenoxy) is 1. The summed E-state index contributed by atoms with van der Waals surface area (Å²) in [7, 11) is 0. The standard InChI is InChI=1S/C15H21N3O3/c1-10-3-4-12(9-13(10)16)14(19)17-11(2)15(20)18-5-7-21-8-6-18/h3-4,9,11H,5-8,16H2,1-2H3,(H,17,19). The third-order valence-electron chi connectivity index (χ3n) is 3.58. The second kappa shape index (κ2) is 6.58. The van der Waals surface area contributed by atoms with Gasteiger partial charge in [0.2, 0.25) is 5.91 Å². The van der Waals surface area contributed by atoms with Gasteiger partial charge in [-0.15, -0.1) is 0 Å². The van der Waals surface area contributed by atoms with Gasteiger partial charge < -0.3 is 20.7 Å². The Morgan fingerprint density at radius 2 is 2.00 bits per heavy atom. The molecule has 1 aliphatic heterocycles. The number of morpholine rings is 1. The molecule has 1 aromatic carbocycles. The summed E-state index contributed by atoms with van der Waals surface area (Å²) in [5, 5.41) is 2.71. The molecule has 3 N–H and O–H groups in total. The van der Waals surface area contributed by atoms with E-state index < -0.39 is 6.04 Å². The summed E-state index contributed by atoms with van der Waals surface area (Å²) in [4.78, 5) is 26.1. The van der Waals surface area contributed by atoms with Crippen LogP contribution in [0.25, 0.3) is 0 Å². The van der Waals surface area contributed by atoms with Gasteiger partial charge in [0.15, 0.2) is 0 Å². The highest BCUT2D eigenvalue weighted by Gasteiger charge is 2.24. The van der Waals surface area contributed by atoms with Gasteiger partial charge in [0.25, 0.3) is 5.91 Å². The van der Waals surface area contributed by atoms with E-state index in [0.29, 0.717) is 37.6 Å². The maximum absolute atomic E-state index is 12.2. The van der Waals surface area contributed by atoms with Crippen LogP contribution in [0.2, 0.25) is 0 Å². The number of nitrogens with two attached hydrogens (primary N) is 1. The first-order valence-electron chi connectivity index (χ1n) is 7.02. The van der Waals surface area contributed by atoms with E-state index in [1.807, 2.05) is 6.92 Å². The number of hydrogen-bond acceptors (Lipinski definition) is 4. The summed E-state index contributed by atoms with van der Waals surface area (Å²) in [6.45, 7) is 5.78. The van der Waals surface area contributed by atoms with Gasteiger partial charge in [-0.3, -0.25) is 9.59 Å². The second-order valence-corrected chi connectivity index (χ2v) is 5.20. The molecule has 1 aliphatic rings. The van der Waals surface area contributed by atoms with E-state index in [9.17, 15) is 9.59 Å². The molecule has 6 heteroatoms. The van der Waals surface area contributed by atoms with Crippen molar-refractivity contribution < 1.29 is 14.3 Å². The molecule has 1 unspecified atom stereocenters. The minimum absolute atomic E-state index is 0.0910. The number of amides is 2. The van der Waals surface area contributed by atoms with Crippen molar-refractivity contribution in [2.45, 2.75) is 19.9 Å². The highest BCUT2D eigenvalue weighted by Crippen LogP contribution is 2.13. The van der Waals surface area contributed by atoms with Gasteiger partial charge in [-0.25, -0.2) is 0 Å². The summed E-state index contributed by atoms with van der Waals surface area (Å²) < 4.78 is 5.21. The molecule has 1 aromatic rings. The second-order valence-electron chi connectivity index (χ2n) is 5.20. The third kappa shape index (κ3) is 3.72. The van der Waals surface area contributed by atoms with Gasteiger partial charge in [-0.2, -0.15) is 0 Å². The Labute approximate surface area is 124 Å². The van der Waals surface area contributed by atoms with E-state index in [1.165, 1.54) is 0 Å². The van der Waals surface area contributed by atoms with Crippen molar-refractivity contribution >= 4 is 17.5 Å². The van der Waals surface area contributed by atoms with Crippen LogP contribution in [0.4, 0.5) is 5.69 Å². The zero-order chi connectivity index (χ0) is 15.4. The topological polar surface area (TPSA) is 84.7 Å². The number of nitrogen functional groups attached to an aromatic ring is 1. The number of benzene rings is 1. The highest BCUT2D eigenvalue weighted by atomic mass is 16.5. The highest BCUT2D eigenvalue weighted by molar-refractivity contribution is 5.98. The van der Waals surface area contributed by atoms with Gasteiger partial charge >= 0.3 is 0 Å². The Balaban J connectivity index is 1.97. The monoisotopic (exact) mass is 291 g/mol.